The van der Waals surface area contributed by atoms with Crippen LogP contribution in [0.4, 0.5) is 0 Å². The Balaban J connectivity index is 2.15. The maximum Gasteiger partial charge on any atom is 0.101 e. The summed E-state index contributed by atoms with van der Waals surface area (Å²) >= 11 is 3.38. The zero-order valence-electron chi connectivity index (χ0n) is 8.55. The standard InChI is InChI=1S/C12H11BrN2O/c13-10-2-1-5-15-12(10)11(16)8-9-3-6-14-7-4-9/h1-7,11,16H,8H2. The smallest absolute Gasteiger partial charge is 0.101 e. The van der Waals surface area contributed by atoms with E-state index in [0.29, 0.717) is 12.1 Å². The second kappa shape index (κ2) is 5.18. The van der Waals surface area contributed by atoms with Gasteiger partial charge in [-0.05, 0) is 45.8 Å². The second-order valence-electron chi connectivity index (χ2n) is 3.45. The molecule has 3 nitrogen and oxygen atoms in total. The number of nitrogens with zero attached hydrogens (tertiary/aromatic N) is 2. The molecule has 0 bridgehead atoms. The molecule has 1 N–H and O–H groups in total. The van der Waals surface area contributed by atoms with Crippen LogP contribution in [-0.4, -0.2) is 15.1 Å². The van der Waals surface area contributed by atoms with Crippen LogP contribution >= 0.6 is 15.9 Å². The van der Waals surface area contributed by atoms with E-state index in [1.54, 1.807) is 18.6 Å². The lowest BCUT2D eigenvalue weighted by molar-refractivity contribution is 0.173. The number of hydrogen-bond donors (Lipinski definition) is 1. The van der Waals surface area contributed by atoms with Gasteiger partial charge < -0.3 is 5.11 Å². The number of halogens is 1. The SMILES string of the molecule is OC(Cc1ccncc1)c1ncccc1Br. The summed E-state index contributed by atoms with van der Waals surface area (Å²) in [6, 6.07) is 7.48. The Hall–Kier alpha value is -1.26. The van der Waals surface area contributed by atoms with Gasteiger partial charge in [-0.2, -0.15) is 0 Å². The number of rotatable bonds is 3. The minimum Gasteiger partial charge on any atom is -0.386 e. The van der Waals surface area contributed by atoms with E-state index < -0.39 is 6.10 Å². The summed E-state index contributed by atoms with van der Waals surface area (Å²) < 4.78 is 0.830. The van der Waals surface area contributed by atoms with Crippen molar-refractivity contribution in [2.75, 3.05) is 0 Å². The van der Waals surface area contributed by atoms with Crippen LogP contribution in [0.5, 0.6) is 0 Å². The molecule has 0 spiro atoms. The molecule has 0 saturated heterocycles. The van der Waals surface area contributed by atoms with Crippen molar-refractivity contribution in [1.82, 2.24) is 9.97 Å². The Morgan fingerprint density at radius 1 is 1.19 bits per heavy atom. The van der Waals surface area contributed by atoms with Crippen LogP contribution in [0.1, 0.15) is 17.4 Å². The van der Waals surface area contributed by atoms with Crippen molar-refractivity contribution in [3.8, 4) is 0 Å². The molecule has 0 aliphatic carbocycles. The van der Waals surface area contributed by atoms with E-state index in [1.165, 1.54) is 0 Å². The number of hydrogen-bond acceptors (Lipinski definition) is 3. The predicted octanol–water partition coefficient (Wildman–Crippen LogP) is 2.52. The van der Waals surface area contributed by atoms with Gasteiger partial charge in [0.1, 0.15) is 6.10 Å². The van der Waals surface area contributed by atoms with Gasteiger partial charge in [0.15, 0.2) is 0 Å². The third kappa shape index (κ3) is 2.65. The molecule has 4 heteroatoms. The minimum atomic E-state index is -0.599. The Morgan fingerprint density at radius 3 is 2.62 bits per heavy atom. The highest BCUT2D eigenvalue weighted by Crippen LogP contribution is 2.23. The summed E-state index contributed by atoms with van der Waals surface area (Å²) in [6.45, 7) is 0. The van der Waals surface area contributed by atoms with E-state index in [4.69, 9.17) is 0 Å². The number of pyridine rings is 2. The van der Waals surface area contributed by atoms with Crippen molar-refractivity contribution in [2.45, 2.75) is 12.5 Å². The van der Waals surface area contributed by atoms with Gasteiger partial charge in [-0.3, -0.25) is 9.97 Å². The van der Waals surface area contributed by atoms with Crippen LogP contribution in [0.15, 0.2) is 47.3 Å². The average molecular weight is 279 g/mol. The van der Waals surface area contributed by atoms with Crippen LogP contribution in [0, 0.1) is 0 Å². The Kier molecular flexibility index (Phi) is 3.64. The summed E-state index contributed by atoms with van der Waals surface area (Å²) in [5.74, 6) is 0. The summed E-state index contributed by atoms with van der Waals surface area (Å²) in [4.78, 5) is 8.10. The molecule has 2 aromatic rings. The highest BCUT2D eigenvalue weighted by atomic mass is 79.9. The zero-order chi connectivity index (χ0) is 11.4. The maximum absolute atomic E-state index is 10.0. The second-order valence-corrected chi connectivity index (χ2v) is 4.30. The Morgan fingerprint density at radius 2 is 1.94 bits per heavy atom. The first-order valence-electron chi connectivity index (χ1n) is 4.95. The van der Waals surface area contributed by atoms with Gasteiger partial charge in [-0.15, -0.1) is 0 Å². The lowest BCUT2D eigenvalue weighted by Gasteiger charge is -2.11. The molecule has 0 aliphatic heterocycles. The summed E-state index contributed by atoms with van der Waals surface area (Å²) in [6.07, 6.45) is 5.05. The first kappa shape index (κ1) is 11.2. The monoisotopic (exact) mass is 278 g/mol. The highest BCUT2D eigenvalue weighted by Gasteiger charge is 2.12. The Bertz CT molecular complexity index is 462. The summed E-state index contributed by atoms with van der Waals surface area (Å²) in [7, 11) is 0. The van der Waals surface area contributed by atoms with Crippen molar-refractivity contribution < 1.29 is 5.11 Å². The fourth-order valence-corrected chi connectivity index (χ4v) is 2.00. The van der Waals surface area contributed by atoms with Crippen LogP contribution in [0.3, 0.4) is 0 Å². The van der Waals surface area contributed by atoms with Crippen LogP contribution < -0.4 is 0 Å². The van der Waals surface area contributed by atoms with Crippen molar-refractivity contribution >= 4 is 15.9 Å². The molecule has 2 rings (SSSR count). The van der Waals surface area contributed by atoms with Gasteiger partial charge in [0.05, 0.1) is 5.69 Å². The van der Waals surface area contributed by atoms with E-state index in [1.807, 2.05) is 24.3 Å². The van der Waals surface area contributed by atoms with E-state index >= 15 is 0 Å². The molecule has 1 unspecified atom stereocenters. The summed E-state index contributed by atoms with van der Waals surface area (Å²) in [5, 5.41) is 10.0. The van der Waals surface area contributed by atoms with Gasteiger partial charge in [0.25, 0.3) is 0 Å². The van der Waals surface area contributed by atoms with Gasteiger partial charge >= 0.3 is 0 Å². The number of aliphatic hydroxyl groups is 1. The fraction of sp³-hybridized carbons (Fsp3) is 0.167. The lowest BCUT2D eigenvalue weighted by Crippen LogP contribution is -2.04. The molecule has 0 amide bonds. The van der Waals surface area contributed by atoms with Crippen molar-refractivity contribution in [2.24, 2.45) is 0 Å². The predicted molar refractivity (Wildman–Crippen MR) is 64.8 cm³/mol. The van der Waals surface area contributed by atoms with Gasteiger partial charge in [0, 0.05) is 29.5 Å². The van der Waals surface area contributed by atoms with E-state index in [9.17, 15) is 5.11 Å². The first-order chi connectivity index (χ1) is 7.77. The van der Waals surface area contributed by atoms with Crippen molar-refractivity contribution in [3.63, 3.8) is 0 Å². The van der Waals surface area contributed by atoms with Crippen molar-refractivity contribution in [3.05, 3.63) is 58.6 Å². The van der Waals surface area contributed by atoms with Gasteiger partial charge in [-0.1, -0.05) is 0 Å². The van der Waals surface area contributed by atoms with E-state index in [0.717, 1.165) is 10.0 Å². The number of aliphatic hydroxyl groups excluding tert-OH is 1. The molecule has 82 valence electrons. The fourth-order valence-electron chi connectivity index (χ4n) is 1.48. The molecule has 2 aromatic heterocycles. The first-order valence-corrected chi connectivity index (χ1v) is 5.74. The molecule has 0 saturated carbocycles. The molecule has 0 aromatic carbocycles. The lowest BCUT2D eigenvalue weighted by atomic mass is 10.1. The maximum atomic E-state index is 10.0. The highest BCUT2D eigenvalue weighted by molar-refractivity contribution is 9.10. The molecular weight excluding hydrogens is 268 g/mol. The molecule has 0 fully saturated rings. The Labute approximate surface area is 102 Å². The van der Waals surface area contributed by atoms with Crippen LogP contribution in [-0.2, 0) is 6.42 Å². The molecular formula is C12H11BrN2O. The molecule has 16 heavy (non-hydrogen) atoms. The normalized spacial score (nSPS) is 12.4. The van der Waals surface area contributed by atoms with E-state index in [2.05, 4.69) is 25.9 Å². The van der Waals surface area contributed by atoms with E-state index in [-0.39, 0.29) is 0 Å². The third-order valence-electron chi connectivity index (χ3n) is 2.28. The van der Waals surface area contributed by atoms with Crippen LogP contribution in [0.2, 0.25) is 0 Å². The zero-order valence-corrected chi connectivity index (χ0v) is 10.1. The average Bonchev–Trinajstić information content (AvgIpc) is 2.31. The molecule has 0 radical (unpaired) electrons. The molecule has 1 atom stereocenters. The van der Waals surface area contributed by atoms with Gasteiger partial charge in [-0.25, -0.2) is 0 Å². The summed E-state index contributed by atoms with van der Waals surface area (Å²) in [5.41, 5.74) is 1.71. The van der Waals surface area contributed by atoms with Crippen molar-refractivity contribution in [1.29, 1.82) is 0 Å². The minimum absolute atomic E-state index is 0.540. The van der Waals surface area contributed by atoms with Crippen LogP contribution in [0.25, 0.3) is 0 Å². The molecule has 0 aliphatic rings. The molecule has 2 heterocycles. The quantitative estimate of drug-likeness (QED) is 0.939. The van der Waals surface area contributed by atoms with Gasteiger partial charge in [0.2, 0.25) is 0 Å². The largest absolute Gasteiger partial charge is 0.386 e. The number of aromatic nitrogens is 2. The third-order valence-corrected chi connectivity index (χ3v) is 2.95. The topological polar surface area (TPSA) is 46.0 Å².